The second kappa shape index (κ2) is 6.45. The SMILES string of the molecule is CC(C)(C)OCC(=O)N1CCN(CC(N)=S)CC1. The van der Waals surface area contributed by atoms with Gasteiger partial charge in [0.05, 0.1) is 10.6 Å². The number of hydrogen-bond donors (Lipinski definition) is 1. The van der Waals surface area contributed by atoms with E-state index in [1.807, 2.05) is 25.7 Å². The van der Waals surface area contributed by atoms with E-state index in [1.165, 1.54) is 0 Å². The van der Waals surface area contributed by atoms with E-state index in [0.717, 1.165) is 26.2 Å². The van der Waals surface area contributed by atoms with Crippen LogP contribution in [-0.4, -0.2) is 65.6 Å². The first-order valence-electron chi connectivity index (χ1n) is 6.20. The standard InChI is InChI=1S/C12H23N3O2S/c1-12(2,3)17-9-11(16)15-6-4-14(5-7-15)8-10(13)18/h4-9H2,1-3H3,(H2,13,18). The van der Waals surface area contributed by atoms with Gasteiger partial charge in [0.15, 0.2) is 0 Å². The summed E-state index contributed by atoms with van der Waals surface area (Å²) in [6.45, 7) is 9.69. The second-order valence-electron chi connectivity index (χ2n) is 5.52. The van der Waals surface area contributed by atoms with Crippen LogP contribution >= 0.6 is 12.2 Å². The molecule has 0 unspecified atom stereocenters. The van der Waals surface area contributed by atoms with Gasteiger partial charge in [0.2, 0.25) is 5.91 Å². The Hall–Kier alpha value is -0.720. The molecule has 104 valence electrons. The van der Waals surface area contributed by atoms with E-state index in [0.29, 0.717) is 11.5 Å². The molecule has 0 atom stereocenters. The van der Waals surface area contributed by atoms with Gasteiger partial charge >= 0.3 is 0 Å². The van der Waals surface area contributed by atoms with Gasteiger partial charge in [-0.3, -0.25) is 9.69 Å². The molecule has 18 heavy (non-hydrogen) atoms. The van der Waals surface area contributed by atoms with Gasteiger partial charge in [-0.2, -0.15) is 0 Å². The Labute approximate surface area is 114 Å². The van der Waals surface area contributed by atoms with Crippen molar-refractivity contribution in [2.75, 3.05) is 39.3 Å². The fraction of sp³-hybridized carbons (Fsp3) is 0.833. The van der Waals surface area contributed by atoms with Gasteiger partial charge in [-0.1, -0.05) is 12.2 Å². The van der Waals surface area contributed by atoms with Gasteiger partial charge in [0.1, 0.15) is 6.61 Å². The van der Waals surface area contributed by atoms with Crippen molar-refractivity contribution in [3.63, 3.8) is 0 Å². The molecule has 1 rings (SSSR count). The molecular weight excluding hydrogens is 250 g/mol. The fourth-order valence-corrected chi connectivity index (χ4v) is 1.93. The maximum atomic E-state index is 11.9. The van der Waals surface area contributed by atoms with Crippen LogP contribution in [0.3, 0.4) is 0 Å². The Morgan fingerprint density at radius 1 is 1.28 bits per heavy atom. The maximum Gasteiger partial charge on any atom is 0.248 e. The van der Waals surface area contributed by atoms with E-state index in [9.17, 15) is 4.79 Å². The molecule has 1 fully saturated rings. The van der Waals surface area contributed by atoms with Gasteiger partial charge in [0, 0.05) is 32.7 Å². The molecule has 6 heteroatoms. The number of carbonyl (C=O) groups excluding carboxylic acids is 1. The Morgan fingerprint density at radius 3 is 2.28 bits per heavy atom. The maximum absolute atomic E-state index is 11.9. The highest BCUT2D eigenvalue weighted by Gasteiger charge is 2.22. The van der Waals surface area contributed by atoms with Crippen molar-refractivity contribution < 1.29 is 9.53 Å². The minimum absolute atomic E-state index is 0.0555. The van der Waals surface area contributed by atoms with Crippen molar-refractivity contribution >= 4 is 23.1 Å². The highest BCUT2D eigenvalue weighted by molar-refractivity contribution is 7.80. The number of piperazine rings is 1. The van der Waals surface area contributed by atoms with Crippen LogP contribution in [0.1, 0.15) is 20.8 Å². The molecule has 0 radical (unpaired) electrons. The van der Waals surface area contributed by atoms with E-state index in [1.54, 1.807) is 0 Å². The highest BCUT2D eigenvalue weighted by Crippen LogP contribution is 2.08. The summed E-state index contributed by atoms with van der Waals surface area (Å²) < 4.78 is 5.49. The predicted octanol–water partition coefficient (Wildman–Crippen LogP) is 0.232. The van der Waals surface area contributed by atoms with Crippen molar-refractivity contribution in [1.82, 2.24) is 9.80 Å². The molecule has 1 amide bonds. The molecule has 0 saturated carbocycles. The average molecular weight is 273 g/mol. The molecular formula is C12H23N3O2S. The summed E-state index contributed by atoms with van der Waals surface area (Å²) in [4.78, 5) is 16.4. The normalized spacial score (nSPS) is 17.8. The largest absolute Gasteiger partial charge is 0.392 e. The van der Waals surface area contributed by atoms with Crippen molar-refractivity contribution in [1.29, 1.82) is 0 Å². The summed E-state index contributed by atoms with van der Waals surface area (Å²) >= 11 is 4.88. The summed E-state index contributed by atoms with van der Waals surface area (Å²) in [5.74, 6) is 0.0555. The Bertz CT molecular complexity index is 307. The number of hydrogen-bond acceptors (Lipinski definition) is 4. The minimum Gasteiger partial charge on any atom is -0.392 e. The number of nitrogens with zero attached hydrogens (tertiary/aromatic N) is 2. The Kier molecular flexibility index (Phi) is 5.49. The first-order chi connectivity index (χ1) is 8.28. The van der Waals surface area contributed by atoms with Crippen molar-refractivity contribution in [2.24, 2.45) is 5.73 Å². The van der Waals surface area contributed by atoms with Crippen LogP contribution in [0.2, 0.25) is 0 Å². The number of rotatable bonds is 4. The van der Waals surface area contributed by atoms with E-state index in [2.05, 4.69) is 4.90 Å². The number of ether oxygens (including phenoxy) is 1. The quantitative estimate of drug-likeness (QED) is 0.743. The smallest absolute Gasteiger partial charge is 0.248 e. The van der Waals surface area contributed by atoms with E-state index < -0.39 is 0 Å². The topological polar surface area (TPSA) is 58.8 Å². The van der Waals surface area contributed by atoms with Crippen molar-refractivity contribution in [3.05, 3.63) is 0 Å². The lowest BCUT2D eigenvalue weighted by Crippen LogP contribution is -2.51. The van der Waals surface area contributed by atoms with Crippen LogP contribution < -0.4 is 5.73 Å². The summed E-state index contributed by atoms with van der Waals surface area (Å²) in [6, 6.07) is 0. The highest BCUT2D eigenvalue weighted by atomic mass is 32.1. The molecule has 1 aliphatic rings. The zero-order chi connectivity index (χ0) is 13.8. The zero-order valence-electron chi connectivity index (χ0n) is 11.4. The lowest BCUT2D eigenvalue weighted by molar-refractivity contribution is -0.142. The van der Waals surface area contributed by atoms with Gasteiger partial charge in [-0.25, -0.2) is 0 Å². The van der Waals surface area contributed by atoms with Crippen LogP contribution in [0.4, 0.5) is 0 Å². The molecule has 0 bridgehead atoms. The minimum atomic E-state index is -0.275. The molecule has 1 aliphatic heterocycles. The first kappa shape index (κ1) is 15.3. The lowest BCUT2D eigenvalue weighted by Gasteiger charge is -2.34. The third kappa shape index (κ3) is 5.75. The summed E-state index contributed by atoms with van der Waals surface area (Å²) in [5, 5.41) is 0. The number of nitrogens with two attached hydrogens (primary N) is 1. The van der Waals surface area contributed by atoms with Crippen LogP contribution in [0.5, 0.6) is 0 Å². The number of thiocarbonyl (C=S) groups is 1. The predicted molar refractivity (Wildman–Crippen MR) is 75.5 cm³/mol. The monoisotopic (exact) mass is 273 g/mol. The summed E-state index contributed by atoms with van der Waals surface area (Å²) in [6.07, 6.45) is 0. The Morgan fingerprint density at radius 2 is 1.83 bits per heavy atom. The molecule has 0 aromatic carbocycles. The number of carbonyl (C=O) groups is 1. The van der Waals surface area contributed by atoms with Gasteiger partial charge in [0.25, 0.3) is 0 Å². The molecule has 5 nitrogen and oxygen atoms in total. The lowest BCUT2D eigenvalue weighted by atomic mass is 10.2. The van der Waals surface area contributed by atoms with Crippen LogP contribution in [0.15, 0.2) is 0 Å². The molecule has 0 aromatic heterocycles. The van der Waals surface area contributed by atoms with Crippen LogP contribution in [0, 0.1) is 0 Å². The third-order valence-corrected chi connectivity index (χ3v) is 2.86. The average Bonchev–Trinajstić information content (AvgIpc) is 2.25. The summed E-state index contributed by atoms with van der Waals surface area (Å²) in [5.41, 5.74) is 5.23. The van der Waals surface area contributed by atoms with Crippen molar-refractivity contribution in [2.45, 2.75) is 26.4 Å². The fourth-order valence-electron chi connectivity index (χ4n) is 1.75. The van der Waals surface area contributed by atoms with Gasteiger partial charge < -0.3 is 15.4 Å². The summed E-state index contributed by atoms with van der Waals surface area (Å²) in [7, 11) is 0. The second-order valence-corrected chi connectivity index (χ2v) is 6.05. The van der Waals surface area contributed by atoms with Gasteiger partial charge in [-0.05, 0) is 20.8 Å². The number of amides is 1. The Balaban J connectivity index is 2.29. The van der Waals surface area contributed by atoms with Gasteiger partial charge in [-0.15, -0.1) is 0 Å². The molecule has 0 aromatic rings. The molecule has 1 heterocycles. The molecule has 1 saturated heterocycles. The zero-order valence-corrected chi connectivity index (χ0v) is 12.3. The van der Waals surface area contributed by atoms with Crippen molar-refractivity contribution in [3.8, 4) is 0 Å². The van der Waals surface area contributed by atoms with E-state index >= 15 is 0 Å². The van der Waals surface area contributed by atoms with Crippen LogP contribution in [-0.2, 0) is 9.53 Å². The van der Waals surface area contributed by atoms with E-state index in [4.69, 9.17) is 22.7 Å². The van der Waals surface area contributed by atoms with Crippen LogP contribution in [0.25, 0.3) is 0 Å². The first-order valence-corrected chi connectivity index (χ1v) is 6.61. The molecule has 2 N–H and O–H groups in total. The molecule has 0 spiro atoms. The third-order valence-electron chi connectivity index (χ3n) is 2.73. The molecule has 0 aliphatic carbocycles. The van der Waals surface area contributed by atoms with E-state index in [-0.39, 0.29) is 18.1 Å².